The molecule has 2 aromatic rings. The van der Waals surface area contributed by atoms with Crippen LogP contribution >= 0.6 is 23.4 Å². The molecule has 8 nitrogen and oxygen atoms in total. The molecule has 2 fully saturated rings. The standard InChI is InChI=1S/C20H26ClN5O3S/c21-15-3-5-16(6-4-15)26-18(13-25-7-10-28-11-8-25)23-24-20(26)30-14-19(27)22-12-17-2-1-9-29-17/h3-6,17H,1-2,7-14H2,(H,22,27)/t17-/m0/s1. The zero-order valence-electron chi connectivity index (χ0n) is 16.8. The molecule has 0 radical (unpaired) electrons. The first-order valence-electron chi connectivity index (χ1n) is 10.2. The van der Waals surface area contributed by atoms with E-state index in [1.807, 2.05) is 28.8 Å². The lowest BCUT2D eigenvalue weighted by Gasteiger charge is -2.26. The maximum absolute atomic E-state index is 12.3. The average molecular weight is 452 g/mol. The molecule has 1 amide bonds. The molecule has 4 rings (SSSR count). The molecule has 3 heterocycles. The number of thioether (sulfide) groups is 1. The SMILES string of the molecule is O=C(CSc1nnc(CN2CCOCC2)n1-c1ccc(Cl)cc1)NC[C@@H]1CCCO1. The number of morpholine rings is 1. The Kier molecular flexibility index (Phi) is 7.62. The third kappa shape index (κ3) is 5.73. The van der Waals surface area contributed by atoms with Gasteiger partial charge < -0.3 is 14.8 Å². The van der Waals surface area contributed by atoms with E-state index in [9.17, 15) is 4.79 Å². The number of hydrogen-bond acceptors (Lipinski definition) is 7. The maximum Gasteiger partial charge on any atom is 0.230 e. The summed E-state index contributed by atoms with van der Waals surface area (Å²) in [4.78, 5) is 14.6. The van der Waals surface area contributed by atoms with Gasteiger partial charge in [-0.15, -0.1) is 10.2 Å². The fourth-order valence-corrected chi connectivity index (χ4v) is 4.45. The highest BCUT2D eigenvalue weighted by molar-refractivity contribution is 7.99. The van der Waals surface area contributed by atoms with Crippen LogP contribution in [0.2, 0.25) is 5.02 Å². The zero-order valence-corrected chi connectivity index (χ0v) is 18.3. The van der Waals surface area contributed by atoms with Crippen LogP contribution in [0.1, 0.15) is 18.7 Å². The fourth-order valence-electron chi connectivity index (χ4n) is 3.52. The Morgan fingerprint density at radius 1 is 1.20 bits per heavy atom. The molecule has 0 saturated carbocycles. The van der Waals surface area contributed by atoms with Crippen molar-refractivity contribution in [3.63, 3.8) is 0 Å². The lowest BCUT2D eigenvalue weighted by atomic mass is 10.2. The molecule has 162 valence electrons. The van der Waals surface area contributed by atoms with Gasteiger partial charge in [0.2, 0.25) is 5.91 Å². The number of ether oxygens (including phenoxy) is 2. The van der Waals surface area contributed by atoms with Crippen LogP contribution in [0.15, 0.2) is 29.4 Å². The topological polar surface area (TPSA) is 81.5 Å². The van der Waals surface area contributed by atoms with Crippen molar-refractivity contribution in [1.29, 1.82) is 0 Å². The van der Waals surface area contributed by atoms with Crippen LogP contribution in [-0.2, 0) is 20.8 Å². The van der Waals surface area contributed by atoms with Gasteiger partial charge in [0, 0.05) is 37.0 Å². The van der Waals surface area contributed by atoms with Crippen molar-refractivity contribution >= 4 is 29.3 Å². The van der Waals surface area contributed by atoms with Gasteiger partial charge in [0.05, 0.1) is 31.6 Å². The summed E-state index contributed by atoms with van der Waals surface area (Å²) in [5, 5.41) is 13.1. The largest absolute Gasteiger partial charge is 0.379 e. The van der Waals surface area contributed by atoms with Gasteiger partial charge in [-0.25, -0.2) is 0 Å². The Bertz CT molecular complexity index is 835. The summed E-state index contributed by atoms with van der Waals surface area (Å²) in [6.07, 6.45) is 2.20. The molecular weight excluding hydrogens is 426 g/mol. The highest BCUT2D eigenvalue weighted by atomic mass is 35.5. The summed E-state index contributed by atoms with van der Waals surface area (Å²) in [7, 11) is 0. The number of hydrogen-bond donors (Lipinski definition) is 1. The molecule has 10 heteroatoms. The molecule has 30 heavy (non-hydrogen) atoms. The van der Waals surface area contributed by atoms with Gasteiger partial charge in [-0.2, -0.15) is 0 Å². The molecule has 2 aliphatic heterocycles. The quantitative estimate of drug-likeness (QED) is 0.616. The normalized spacial score (nSPS) is 19.8. The van der Waals surface area contributed by atoms with E-state index >= 15 is 0 Å². The zero-order chi connectivity index (χ0) is 20.8. The second-order valence-corrected chi connectivity index (χ2v) is 8.71. The highest BCUT2D eigenvalue weighted by Crippen LogP contribution is 2.24. The van der Waals surface area contributed by atoms with Gasteiger partial charge in [-0.3, -0.25) is 14.3 Å². The molecule has 2 aliphatic rings. The minimum absolute atomic E-state index is 0.0316. The lowest BCUT2D eigenvalue weighted by Crippen LogP contribution is -2.36. The number of nitrogens with one attached hydrogen (secondary N) is 1. The second-order valence-electron chi connectivity index (χ2n) is 7.33. The van der Waals surface area contributed by atoms with E-state index in [0.717, 1.165) is 57.3 Å². The van der Waals surface area contributed by atoms with Crippen LogP contribution in [0, 0.1) is 0 Å². The summed E-state index contributed by atoms with van der Waals surface area (Å²) in [5.74, 6) is 1.08. The summed E-state index contributed by atoms with van der Waals surface area (Å²) < 4.78 is 13.0. The van der Waals surface area contributed by atoms with Crippen LogP contribution < -0.4 is 5.32 Å². The van der Waals surface area contributed by atoms with Crippen molar-refractivity contribution in [2.24, 2.45) is 0 Å². The van der Waals surface area contributed by atoms with Gasteiger partial charge in [-0.1, -0.05) is 23.4 Å². The number of carbonyl (C=O) groups is 1. The smallest absolute Gasteiger partial charge is 0.230 e. The number of benzene rings is 1. The summed E-state index contributed by atoms with van der Waals surface area (Å²) in [6.45, 7) is 5.19. The summed E-state index contributed by atoms with van der Waals surface area (Å²) in [5.41, 5.74) is 0.926. The Morgan fingerprint density at radius 3 is 2.73 bits per heavy atom. The minimum Gasteiger partial charge on any atom is -0.379 e. The Hall–Kier alpha value is -1.65. The first-order valence-corrected chi connectivity index (χ1v) is 11.6. The number of nitrogens with zero attached hydrogens (tertiary/aromatic N) is 4. The third-order valence-electron chi connectivity index (χ3n) is 5.14. The number of halogens is 1. The van der Waals surface area contributed by atoms with E-state index in [2.05, 4.69) is 20.4 Å². The van der Waals surface area contributed by atoms with Crippen LogP contribution in [0.3, 0.4) is 0 Å². The fraction of sp³-hybridized carbons (Fsp3) is 0.550. The molecule has 1 aromatic carbocycles. The van der Waals surface area contributed by atoms with E-state index in [4.69, 9.17) is 21.1 Å². The van der Waals surface area contributed by atoms with Crippen molar-refractivity contribution < 1.29 is 14.3 Å². The molecule has 1 N–H and O–H groups in total. The van der Waals surface area contributed by atoms with Crippen LogP contribution in [0.25, 0.3) is 5.69 Å². The highest BCUT2D eigenvalue weighted by Gasteiger charge is 2.20. The molecule has 1 atom stereocenters. The van der Waals surface area contributed by atoms with Gasteiger partial charge in [0.1, 0.15) is 0 Å². The Morgan fingerprint density at radius 2 is 2.00 bits per heavy atom. The monoisotopic (exact) mass is 451 g/mol. The van der Waals surface area contributed by atoms with Crippen LogP contribution in [0.4, 0.5) is 0 Å². The van der Waals surface area contributed by atoms with E-state index in [1.54, 1.807) is 0 Å². The number of rotatable bonds is 8. The minimum atomic E-state index is -0.0316. The Labute approximate surface area is 185 Å². The predicted molar refractivity (Wildman–Crippen MR) is 115 cm³/mol. The molecule has 2 saturated heterocycles. The average Bonchev–Trinajstić information content (AvgIpc) is 3.42. The van der Waals surface area contributed by atoms with E-state index < -0.39 is 0 Å². The number of aromatic nitrogens is 3. The molecule has 0 spiro atoms. The third-order valence-corrected chi connectivity index (χ3v) is 6.32. The van der Waals surface area contributed by atoms with E-state index in [-0.39, 0.29) is 17.8 Å². The van der Waals surface area contributed by atoms with Crippen molar-refractivity contribution in [2.75, 3.05) is 45.2 Å². The predicted octanol–water partition coefficient (Wildman–Crippen LogP) is 2.14. The summed E-state index contributed by atoms with van der Waals surface area (Å²) >= 11 is 7.45. The van der Waals surface area contributed by atoms with Crippen molar-refractivity contribution in [3.8, 4) is 5.69 Å². The maximum atomic E-state index is 12.3. The van der Waals surface area contributed by atoms with Gasteiger partial charge in [-0.05, 0) is 37.1 Å². The van der Waals surface area contributed by atoms with Crippen molar-refractivity contribution in [3.05, 3.63) is 35.1 Å². The van der Waals surface area contributed by atoms with Crippen molar-refractivity contribution in [2.45, 2.75) is 30.6 Å². The molecular formula is C20H26ClN5O3S. The number of amides is 1. The second kappa shape index (κ2) is 10.6. The van der Waals surface area contributed by atoms with E-state index in [0.29, 0.717) is 23.3 Å². The van der Waals surface area contributed by atoms with Gasteiger partial charge in [0.25, 0.3) is 0 Å². The molecule has 0 aliphatic carbocycles. The Balaban J connectivity index is 1.44. The van der Waals surface area contributed by atoms with Crippen molar-refractivity contribution in [1.82, 2.24) is 25.0 Å². The molecule has 0 bridgehead atoms. The van der Waals surface area contributed by atoms with Gasteiger partial charge >= 0.3 is 0 Å². The lowest BCUT2D eigenvalue weighted by molar-refractivity contribution is -0.119. The first kappa shape index (κ1) is 21.6. The first-order chi connectivity index (χ1) is 14.7. The summed E-state index contributed by atoms with van der Waals surface area (Å²) in [6, 6.07) is 7.57. The van der Waals surface area contributed by atoms with Crippen LogP contribution in [0.5, 0.6) is 0 Å². The van der Waals surface area contributed by atoms with Gasteiger partial charge in [0.15, 0.2) is 11.0 Å². The number of carbonyl (C=O) groups excluding carboxylic acids is 1. The van der Waals surface area contributed by atoms with Crippen LogP contribution in [-0.4, -0.2) is 76.9 Å². The molecule has 1 aromatic heterocycles. The molecule has 0 unspecified atom stereocenters. The van der Waals surface area contributed by atoms with E-state index in [1.165, 1.54) is 11.8 Å².